The second kappa shape index (κ2) is 3.81. The summed E-state index contributed by atoms with van der Waals surface area (Å²) in [7, 11) is 1.20. The third kappa shape index (κ3) is 1.52. The molecule has 96 valence electrons. The standard InChI is InChI=1S/C9H8N3O6/c1-5-10-7-3-6(11(13)14)4-8(12(15)16)9(7,17-2)18-5/h3-4H,1-2H3/q-1. The molecule has 0 amide bonds. The molecule has 0 fully saturated rings. The Hall–Kier alpha value is -2.42. The molecule has 0 aromatic rings. The summed E-state index contributed by atoms with van der Waals surface area (Å²) >= 11 is 0. The number of rotatable bonds is 2. The molecule has 9 nitrogen and oxygen atoms in total. The van der Waals surface area contributed by atoms with Crippen molar-refractivity contribution in [1.82, 2.24) is 0 Å². The van der Waals surface area contributed by atoms with Gasteiger partial charge in [0.2, 0.25) is 5.71 Å². The summed E-state index contributed by atoms with van der Waals surface area (Å²) in [5.41, 5.74) is -1.02. The summed E-state index contributed by atoms with van der Waals surface area (Å²) in [6.07, 6.45) is 1.90. The number of methoxy groups -OCH3 is 1. The summed E-state index contributed by atoms with van der Waals surface area (Å²) < 4.78 is 10.2. The second-order valence-electron chi connectivity index (χ2n) is 3.55. The molecule has 0 bridgehead atoms. The first-order valence-electron chi connectivity index (χ1n) is 4.80. The number of allylic oxidation sites excluding steroid dienone is 2. The van der Waals surface area contributed by atoms with Gasteiger partial charge < -0.3 is 19.9 Å². The van der Waals surface area contributed by atoms with Crippen LogP contribution in [-0.2, 0) is 9.47 Å². The lowest BCUT2D eigenvalue weighted by atomic mass is 10.0. The van der Waals surface area contributed by atoms with E-state index in [9.17, 15) is 20.5 Å². The largest absolute Gasteiger partial charge is 0.612 e. The van der Waals surface area contributed by atoms with Gasteiger partial charge in [-0.2, -0.15) is 4.90 Å². The van der Waals surface area contributed by atoms with Gasteiger partial charge in [-0.05, 0) is 0 Å². The number of aliphatic imine (C=N–C) groups is 1. The second-order valence-corrected chi connectivity index (χ2v) is 3.55. The van der Waals surface area contributed by atoms with Crippen molar-refractivity contribution >= 4 is 11.6 Å². The van der Waals surface area contributed by atoms with Crippen molar-refractivity contribution in [3.8, 4) is 0 Å². The van der Waals surface area contributed by atoms with Crippen LogP contribution in [0.3, 0.4) is 0 Å². The molecule has 1 atom stereocenters. The molecular formula is C9H8N3O6-. The zero-order chi connectivity index (χ0) is 13.5. The van der Waals surface area contributed by atoms with Crippen molar-refractivity contribution in [2.75, 3.05) is 7.11 Å². The maximum absolute atomic E-state index is 11.0. The van der Waals surface area contributed by atoms with E-state index >= 15 is 0 Å². The summed E-state index contributed by atoms with van der Waals surface area (Å²) in [6.45, 7) is 1.48. The Bertz CT molecular complexity index is 543. The maximum atomic E-state index is 11.0. The summed E-state index contributed by atoms with van der Waals surface area (Å²) in [5.74, 6) is -1.66. The molecule has 0 aromatic carbocycles. The number of hydrogen-bond acceptors (Lipinski definition) is 7. The van der Waals surface area contributed by atoms with Crippen molar-refractivity contribution in [3.63, 3.8) is 0 Å². The van der Waals surface area contributed by atoms with Gasteiger partial charge >= 0.3 is 11.5 Å². The Kier molecular flexibility index (Phi) is 2.55. The van der Waals surface area contributed by atoms with Gasteiger partial charge in [0.15, 0.2) is 5.90 Å². The molecule has 1 aliphatic heterocycles. The Morgan fingerprint density at radius 3 is 2.56 bits per heavy atom. The number of ether oxygens (including phenoxy) is 2. The fourth-order valence-electron chi connectivity index (χ4n) is 1.78. The number of hydrogen-bond donors (Lipinski definition) is 0. The van der Waals surface area contributed by atoms with Crippen LogP contribution in [0.2, 0.25) is 0 Å². The lowest BCUT2D eigenvalue weighted by molar-refractivity contribution is -0.455. The van der Waals surface area contributed by atoms with Gasteiger partial charge in [0.05, 0.1) is 11.0 Å². The SMILES string of the molecule is COC12OC(C)=NC1=CC(=[N+]([O-])[O-])C=C2[N+](=O)[O-]. The van der Waals surface area contributed by atoms with E-state index in [4.69, 9.17) is 9.47 Å². The van der Waals surface area contributed by atoms with E-state index in [-0.39, 0.29) is 11.6 Å². The summed E-state index contributed by atoms with van der Waals surface area (Å²) in [6, 6.07) is 0. The van der Waals surface area contributed by atoms with Crippen molar-refractivity contribution in [2.24, 2.45) is 4.99 Å². The van der Waals surface area contributed by atoms with E-state index in [1.807, 2.05) is 0 Å². The van der Waals surface area contributed by atoms with Gasteiger partial charge in [0.25, 0.3) is 0 Å². The van der Waals surface area contributed by atoms with Crippen LogP contribution in [0.15, 0.2) is 28.5 Å². The van der Waals surface area contributed by atoms with Crippen LogP contribution >= 0.6 is 0 Å². The molecule has 18 heavy (non-hydrogen) atoms. The molecule has 9 heteroatoms. The molecular weight excluding hydrogens is 246 g/mol. The van der Waals surface area contributed by atoms with Gasteiger partial charge in [-0.15, -0.1) is 0 Å². The van der Waals surface area contributed by atoms with Crippen LogP contribution in [0.25, 0.3) is 0 Å². The highest BCUT2D eigenvalue weighted by atomic mass is 16.8. The fourth-order valence-corrected chi connectivity index (χ4v) is 1.78. The van der Waals surface area contributed by atoms with Crippen LogP contribution in [-0.4, -0.2) is 34.3 Å². The molecule has 0 aromatic heterocycles. The van der Waals surface area contributed by atoms with Gasteiger partial charge in [0, 0.05) is 20.1 Å². The van der Waals surface area contributed by atoms with Crippen LogP contribution < -0.4 is 0 Å². The smallest absolute Gasteiger partial charge is 0.349 e. The highest BCUT2D eigenvalue weighted by molar-refractivity contribution is 6.03. The average Bonchev–Trinajstić information content (AvgIpc) is 2.63. The Labute approximate surface area is 101 Å². The molecule has 1 heterocycles. The highest BCUT2D eigenvalue weighted by Gasteiger charge is 2.56. The number of nitrogens with zero attached hydrogens (tertiary/aromatic N) is 3. The highest BCUT2D eigenvalue weighted by Crippen LogP contribution is 2.39. The predicted molar refractivity (Wildman–Crippen MR) is 59.1 cm³/mol. The first-order chi connectivity index (χ1) is 8.40. The first kappa shape index (κ1) is 12.0. The quantitative estimate of drug-likeness (QED) is 0.396. The number of nitro groups is 1. The van der Waals surface area contributed by atoms with E-state index in [0.717, 1.165) is 12.2 Å². The van der Waals surface area contributed by atoms with Crippen molar-refractivity contribution in [3.05, 3.63) is 44.1 Å². The van der Waals surface area contributed by atoms with E-state index in [1.54, 1.807) is 0 Å². The lowest BCUT2D eigenvalue weighted by Crippen LogP contribution is -2.42. The Morgan fingerprint density at radius 2 is 2.06 bits per heavy atom. The van der Waals surface area contributed by atoms with Gasteiger partial charge in [-0.3, -0.25) is 10.1 Å². The number of fused-ring (bicyclic) bond motifs is 1. The van der Waals surface area contributed by atoms with Crippen LogP contribution in [0, 0.1) is 20.5 Å². The average molecular weight is 254 g/mol. The summed E-state index contributed by atoms with van der Waals surface area (Å²) in [4.78, 5) is 13.4. The molecule has 0 radical (unpaired) electrons. The predicted octanol–water partition coefficient (Wildman–Crippen LogP) is 0.285. The molecule has 0 saturated carbocycles. The first-order valence-corrected chi connectivity index (χ1v) is 4.80. The molecule has 1 aliphatic carbocycles. The minimum absolute atomic E-state index is 0.0107. The zero-order valence-electron chi connectivity index (χ0n) is 9.45. The van der Waals surface area contributed by atoms with E-state index in [2.05, 4.69) is 4.99 Å². The van der Waals surface area contributed by atoms with Crippen molar-refractivity contribution in [2.45, 2.75) is 12.7 Å². The van der Waals surface area contributed by atoms with Crippen LogP contribution in [0.4, 0.5) is 0 Å². The minimum Gasteiger partial charge on any atom is -0.612 e. The van der Waals surface area contributed by atoms with Gasteiger partial charge in [0.1, 0.15) is 5.70 Å². The molecule has 2 rings (SSSR count). The van der Waals surface area contributed by atoms with Crippen LogP contribution in [0.1, 0.15) is 6.92 Å². The summed E-state index contributed by atoms with van der Waals surface area (Å²) in [5, 5.41) is 32.4. The van der Waals surface area contributed by atoms with E-state index in [0.29, 0.717) is 0 Å². The van der Waals surface area contributed by atoms with Gasteiger partial charge in [-0.1, -0.05) is 0 Å². The fraction of sp³-hybridized carbons (Fsp3) is 0.333. The monoisotopic (exact) mass is 254 g/mol. The Balaban J connectivity index is 2.65. The third-order valence-corrected chi connectivity index (χ3v) is 2.51. The molecule has 1 unspecified atom stereocenters. The van der Waals surface area contributed by atoms with Crippen molar-refractivity contribution < 1.29 is 19.3 Å². The molecule has 0 N–H and O–H groups in total. The van der Waals surface area contributed by atoms with Gasteiger partial charge in [-0.25, -0.2) is 4.99 Å². The normalized spacial score (nSPS) is 25.7. The van der Waals surface area contributed by atoms with E-state index in [1.165, 1.54) is 14.0 Å². The van der Waals surface area contributed by atoms with E-state index < -0.39 is 27.0 Å². The third-order valence-electron chi connectivity index (χ3n) is 2.51. The maximum Gasteiger partial charge on any atom is 0.349 e. The zero-order valence-corrected chi connectivity index (χ0v) is 9.45. The molecule has 0 spiro atoms. The topological polar surface area (TPSA) is 123 Å². The molecule has 0 saturated heterocycles. The lowest BCUT2D eigenvalue weighted by Gasteiger charge is -2.26. The van der Waals surface area contributed by atoms with Crippen molar-refractivity contribution in [1.29, 1.82) is 0 Å². The minimum atomic E-state index is -1.80. The Morgan fingerprint density at radius 1 is 1.39 bits per heavy atom. The van der Waals surface area contributed by atoms with Crippen LogP contribution in [0.5, 0.6) is 0 Å². The molecule has 2 aliphatic rings.